The summed E-state index contributed by atoms with van der Waals surface area (Å²) in [6.07, 6.45) is 2.73. The topological polar surface area (TPSA) is 35.2 Å². The van der Waals surface area contributed by atoms with Crippen LogP contribution in [0.1, 0.15) is 12.8 Å². The fourth-order valence-electron chi connectivity index (χ4n) is 0.830. The number of nitrogens with two attached hydrogens (primary N) is 1. The molecule has 0 aromatic rings. The smallest absolute Gasteiger partial charge is 0.0698 e. The number of hydrogen-bond donors (Lipinski definition) is 1. The average Bonchev–Trinajstić information content (AvgIpc) is 2.14. The number of hydrogen-bond acceptors (Lipinski definition) is 2. The third-order valence-corrected chi connectivity index (χ3v) is 1.29. The average molecular weight is 296 g/mol. The summed E-state index contributed by atoms with van der Waals surface area (Å²) >= 11 is 0. The molecule has 3 heteroatoms. The summed E-state index contributed by atoms with van der Waals surface area (Å²) in [5, 5.41) is 0. The molecular weight excluding hydrogens is 285 g/mol. The quantitative estimate of drug-likeness (QED) is 0.746. The third-order valence-electron chi connectivity index (χ3n) is 1.29. The van der Waals surface area contributed by atoms with Crippen molar-refractivity contribution < 1.29 is 25.8 Å². The molecule has 1 saturated heterocycles. The Labute approximate surface area is 64.0 Å². The Morgan fingerprint density at radius 2 is 2.38 bits per heavy atom. The van der Waals surface area contributed by atoms with Crippen LogP contribution in [-0.2, 0) is 25.8 Å². The van der Waals surface area contributed by atoms with Crippen molar-refractivity contribution in [3.8, 4) is 0 Å². The van der Waals surface area contributed by atoms with E-state index in [4.69, 9.17) is 10.5 Å². The Morgan fingerprint density at radius 3 is 2.62 bits per heavy atom. The SMILES string of the molecule is NCC1CCCO1.[Pt]. The molecule has 0 radical (unpaired) electrons. The van der Waals surface area contributed by atoms with Crippen LogP contribution in [0, 0.1) is 0 Å². The molecule has 2 N–H and O–H groups in total. The second-order valence-corrected chi connectivity index (χ2v) is 1.87. The van der Waals surface area contributed by atoms with Crippen molar-refractivity contribution in [2.24, 2.45) is 5.73 Å². The molecule has 1 heterocycles. The van der Waals surface area contributed by atoms with Gasteiger partial charge in [0.2, 0.25) is 0 Å². The molecule has 0 amide bonds. The van der Waals surface area contributed by atoms with Gasteiger partial charge in [-0.25, -0.2) is 0 Å². The molecule has 0 aromatic carbocycles. The molecule has 0 bridgehead atoms. The normalized spacial score (nSPS) is 27.4. The Balaban J connectivity index is 0.000000490. The second kappa shape index (κ2) is 4.48. The summed E-state index contributed by atoms with van der Waals surface area (Å²) in [5.74, 6) is 0. The largest absolute Gasteiger partial charge is 0.377 e. The van der Waals surface area contributed by atoms with Crippen LogP contribution in [0.5, 0.6) is 0 Å². The van der Waals surface area contributed by atoms with E-state index < -0.39 is 0 Å². The van der Waals surface area contributed by atoms with E-state index in [0.717, 1.165) is 13.0 Å². The summed E-state index contributed by atoms with van der Waals surface area (Å²) < 4.78 is 5.18. The molecule has 1 aliphatic heterocycles. The standard InChI is InChI=1S/C5H11NO.Pt/c6-4-5-2-1-3-7-5;/h5H,1-4,6H2;. The first-order chi connectivity index (χ1) is 3.43. The zero-order valence-corrected chi connectivity index (χ0v) is 6.98. The summed E-state index contributed by atoms with van der Waals surface area (Å²) in [6, 6.07) is 0. The van der Waals surface area contributed by atoms with Gasteiger partial charge in [-0.1, -0.05) is 0 Å². The van der Waals surface area contributed by atoms with Crippen LogP contribution < -0.4 is 5.73 Å². The Bertz CT molecular complexity index is 54.4. The van der Waals surface area contributed by atoms with Gasteiger partial charge in [0.15, 0.2) is 0 Å². The molecule has 0 spiro atoms. The van der Waals surface area contributed by atoms with Crippen LogP contribution >= 0.6 is 0 Å². The zero-order chi connectivity index (χ0) is 5.11. The van der Waals surface area contributed by atoms with Crippen molar-refractivity contribution in [3.05, 3.63) is 0 Å². The van der Waals surface area contributed by atoms with Gasteiger partial charge in [0.25, 0.3) is 0 Å². The number of rotatable bonds is 1. The van der Waals surface area contributed by atoms with Gasteiger partial charge >= 0.3 is 0 Å². The molecule has 0 saturated carbocycles. The predicted molar refractivity (Wildman–Crippen MR) is 28.0 cm³/mol. The molecule has 0 aliphatic carbocycles. The Kier molecular flexibility index (Phi) is 4.82. The molecular formula is C5H11NOPt. The first-order valence-electron chi connectivity index (χ1n) is 2.75. The minimum atomic E-state index is 0. The van der Waals surface area contributed by atoms with Gasteiger partial charge < -0.3 is 10.5 Å². The van der Waals surface area contributed by atoms with E-state index in [1.54, 1.807) is 0 Å². The first-order valence-corrected chi connectivity index (χ1v) is 2.75. The first kappa shape index (κ1) is 8.61. The summed E-state index contributed by atoms with van der Waals surface area (Å²) in [7, 11) is 0. The molecule has 52 valence electrons. The van der Waals surface area contributed by atoms with E-state index in [9.17, 15) is 0 Å². The summed E-state index contributed by atoms with van der Waals surface area (Å²) in [4.78, 5) is 0. The molecule has 1 fully saturated rings. The molecule has 1 rings (SSSR count). The summed E-state index contributed by atoms with van der Waals surface area (Å²) in [5.41, 5.74) is 5.31. The van der Waals surface area contributed by atoms with Crippen molar-refractivity contribution in [1.82, 2.24) is 0 Å². The minimum absolute atomic E-state index is 0. The van der Waals surface area contributed by atoms with Crippen LogP contribution in [0.4, 0.5) is 0 Å². The second-order valence-electron chi connectivity index (χ2n) is 1.87. The van der Waals surface area contributed by atoms with Gasteiger partial charge in [0, 0.05) is 34.2 Å². The number of ether oxygens (including phenoxy) is 1. The predicted octanol–water partition coefficient (Wildman–Crippen LogP) is 0.122. The molecule has 2 nitrogen and oxygen atoms in total. The molecule has 8 heavy (non-hydrogen) atoms. The van der Waals surface area contributed by atoms with Crippen LogP contribution in [0.25, 0.3) is 0 Å². The van der Waals surface area contributed by atoms with E-state index in [1.807, 2.05) is 0 Å². The van der Waals surface area contributed by atoms with Crippen LogP contribution in [0.15, 0.2) is 0 Å². The fraction of sp³-hybridized carbons (Fsp3) is 1.00. The van der Waals surface area contributed by atoms with Gasteiger partial charge in [-0.3, -0.25) is 0 Å². The zero-order valence-electron chi connectivity index (χ0n) is 4.71. The summed E-state index contributed by atoms with van der Waals surface area (Å²) in [6.45, 7) is 1.61. The van der Waals surface area contributed by atoms with E-state index in [0.29, 0.717) is 12.6 Å². The van der Waals surface area contributed by atoms with Crippen LogP contribution in [0.2, 0.25) is 0 Å². The van der Waals surface area contributed by atoms with Gasteiger partial charge in [-0.05, 0) is 12.8 Å². The Morgan fingerprint density at radius 1 is 1.62 bits per heavy atom. The van der Waals surface area contributed by atoms with Crippen molar-refractivity contribution >= 4 is 0 Å². The van der Waals surface area contributed by atoms with E-state index >= 15 is 0 Å². The molecule has 0 aromatic heterocycles. The van der Waals surface area contributed by atoms with Crippen LogP contribution in [0.3, 0.4) is 0 Å². The molecule has 1 unspecified atom stereocenters. The van der Waals surface area contributed by atoms with E-state index in [1.165, 1.54) is 6.42 Å². The van der Waals surface area contributed by atoms with Crippen molar-refractivity contribution in [3.63, 3.8) is 0 Å². The molecule has 1 atom stereocenters. The van der Waals surface area contributed by atoms with E-state index in [-0.39, 0.29) is 21.1 Å². The van der Waals surface area contributed by atoms with E-state index in [2.05, 4.69) is 0 Å². The molecule has 1 aliphatic rings. The van der Waals surface area contributed by atoms with Crippen molar-refractivity contribution in [2.45, 2.75) is 18.9 Å². The maximum Gasteiger partial charge on any atom is 0.0698 e. The van der Waals surface area contributed by atoms with Crippen molar-refractivity contribution in [1.29, 1.82) is 0 Å². The van der Waals surface area contributed by atoms with Gasteiger partial charge in [0.05, 0.1) is 6.10 Å². The maximum atomic E-state index is 5.31. The monoisotopic (exact) mass is 296 g/mol. The Hall–Kier alpha value is 0.608. The minimum Gasteiger partial charge on any atom is -0.377 e. The van der Waals surface area contributed by atoms with Gasteiger partial charge in [-0.2, -0.15) is 0 Å². The van der Waals surface area contributed by atoms with Gasteiger partial charge in [-0.15, -0.1) is 0 Å². The van der Waals surface area contributed by atoms with Gasteiger partial charge in [0.1, 0.15) is 0 Å². The van der Waals surface area contributed by atoms with Crippen LogP contribution in [-0.4, -0.2) is 19.3 Å². The van der Waals surface area contributed by atoms with Crippen molar-refractivity contribution in [2.75, 3.05) is 13.2 Å². The third kappa shape index (κ3) is 2.25. The fourth-order valence-corrected chi connectivity index (χ4v) is 0.830. The maximum absolute atomic E-state index is 5.31.